The van der Waals surface area contributed by atoms with Crippen LogP contribution in [0, 0.1) is 0 Å². The van der Waals surface area contributed by atoms with Gasteiger partial charge in [0.25, 0.3) is 11.1 Å². The van der Waals surface area contributed by atoms with Crippen molar-refractivity contribution in [3.63, 3.8) is 0 Å². The number of phenols is 1. The molecule has 3 aromatic rings. The lowest BCUT2D eigenvalue weighted by atomic mass is 10.1. The predicted octanol–water partition coefficient (Wildman–Crippen LogP) is 3.27. The number of nitrogens with zero attached hydrogens (tertiary/aromatic N) is 1. The lowest BCUT2D eigenvalue weighted by Gasteiger charge is -2.12. The smallest absolute Gasteiger partial charge is 0.294 e. The molecular formula is C22H19N3O4S. The maximum atomic E-state index is 12.5. The Labute approximate surface area is 176 Å². The number of carbonyl (C=O) groups is 3. The van der Waals surface area contributed by atoms with Crippen LogP contribution in [-0.4, -0.2) is 45.1 Å². The van der Waals surface area contributed by atoms with E-state index in [-0.39, 0.29) is 23.1 Å². The number of imide groups is 1. The van der Waals surface area contributed by atoms with E-state index in [1.54, 1.807) is 18.2 Å². The Morgan fingerprint density at radius 1 is 1.13 bits per heavy atom. The molecule has 0 atom stereocenters. The Bertz CT molecular complexity index is 1150. The number of aromatic amines is 1. The molecule has 3 N–H and O–H groups in total. The molecule has 0 saturated carbocycles. The summed E-state index contributed by atoms with van der Waals surface area (Å²) in [4.78, 5) is 41.3. The number of thioether (sulfide) groups is 1. The minimum Gasteiger partial charge on any atom is -0.508 e. The molecule has 152 valence electrons. The number of hydrogen-bond donors (Lipinski definition) is 3. The summed E-state index contributed by atoms with van der Waals surface area (Å²) in [5.41, 5.74) is 2.81. The maximum absolute atomic E-state index is 12.5. The van der Waals surface area contributed by atoms with Crippen molar-refractivity contribution in [2.75, 3.05) is 13.1 Å². The van der Waals surface area contributed by atoms with Crippen LogP contribution in [0.4, 0.5) is 4.79 Å². The molecule has 0 bridgehead atoms. The van der Waals surface area contributed by atoms with Crippen LogP contribution in [-0.2, 0) is 16.0 Å². The van der Waals surface area contributed by atoms with Crippen LogP contribution < -0.4 is 5.32 Å². The Kier molecular flexibility index (Phi) is 5.58. The van der Waals surface area contributed by atoms with E-state index in [2.05, 4.69) is 10.3 Å². The van der Waals surface area contributed by atoms with E-state index in [9.17, 15) is 19.5 Å². The van der Waals surface area contributed by atoms with Gasteiger partial charge in [-0.25, -0.2) is 0 Å². The Hall–Kier alpha value is -3.52. The van der Waals surface area contributed by atoms with Gasteiger partial charge in [0.15, 0.2) is 0 Å². The maximum Gasteiger partial charge on any atom is 0.294 e. The number of nitrogens with one attached hydrogen (secondary N) is 2. The van der Waals surface area contributed by atoms with Crippen LogP contribution in [0.1, 0.15) is 11.1 Å². The molecule has 0 radical (unpaired) electrons. The number of aromatic nitrogens is 1. The molecule has 4 rings (SSSR count). The average Bonchev–Trinajstić information content (AvgIpc) is 3.26. The highest BCUT2D eigenvalue weighted by atomic mass is 32.2. The fourth-order valence-corrected chi connectivity index (χ4v) is 4.07. The SMILES string of the molecule is O=C(CN1C(=O)S/C(=C\c2ccc(O)cc2)C1=O)NCCc1c[nH]c2ccccc12. The Morgan fingerprint density at radius 2 is 1.90 bits per heavy atom. The van der Waals surface area contributed by atoms with Crippen molar-refractivity contribution >= 4 is 45.8 Å². The first-order valence-corrected chi connectivity index (χ1v) is 10.2. The summed E-state index contributed by atoms with van der Waals surface area (Å²) in [7, 11) is 0. The Balaban J connectivity index is 1.33. The van der Waals surface area contributed by atoms with Crippen LogP contribution in [0.25, 0.3) is 17.0 Å². The van der Waals surface area contributed by atoms with Gasteiger partial charge in [0, 0.05) is 23.6 Å². The van der Waals surface area contributed by atoms with E-state index in [0.29, 0.717) is 18.5 Å². The van der Waals surface area contributed by atoms with Gasteiger partial charge in [-0.15, -0.1) is 0 Å². The van der Waals surface area contributed by atoms with E-state index < -0.39 is 11.1 Å². The summed E-state index contributed by atoms with van der Waals surface area (Å²) in [6, 6.07) is 14.2. The minimum atomic E-state index is -0.496. The quantitative estimate of drug-likeness (QED) is 0.530. The second kappa shape index (κ2) is 8.46. The van der Waals surface area contributed by atoms with Crippen LogP contribution in [0.3, 0.4) is 0 Å². The zero-order valence-electron chi connectivity index (χ0n) is 15.9. The molecule has 1 aromatic heterocycles. The van der Waals surface area contributed by atoms with Crippen molar-refractivity contribution in [3.05, 3.63) is 70.8 Å². The van der Waals surface area contributed by atoms with Crippen molar-refractivity contribution in [1.29, 1.82) is 0 Å². The second-order valence-electron chi connectivity index (χ2n) is 6.82. The number of fused-ring (bicyclic) bond motifs is 1. The third-order valence-electron chi connectivity index (χ3n) is 4.76. The zero-order chi connectivity index (χ0) is 21.1. The van der Waals surface area contributed by atoms with Gasteiger partial charge in [0.05, 0.1) is 4.91 Å². The standard InChI is InChI=1S/C22H19N3O4S/c26-16-7-5-14(6-8-16)11-19-21(28)25(22(29)30-19)13-20(27)23-10-9-15-12-24-18-4-2-1-3-17(15)18/h1-8,11-12,24,26H,9-10,13H2,(H,23,27)/b19-11-. The number of rotatable bonds is 6. The largest absolute Gasteiger partial charge is 0.508 e. The average molecular weight is 421 g/mol. The molecule has 1 aliphatic heterocycles. The van der Waals surface area contributed by atoms with Crippen LogP contribution in [0.2, 0.25) is 0 Å². The van der Waals surface area contributed by atoms with Crippen LogP contribution >= 0.6 is 11.8 Å². The number of benzene rings is 2. The molecule has 0 aliphatic carbocycles. The van der Waals surface area contributed by atoms with Crippen molar-refractivity contribution in [1.82, 2.24) is 15.2 Å². The van der Waals surface area contributed by atoms with Crippen molar-refractivity contribution in [2.24, 2.45) is 0 Å². The minimum absolute atomic E-state index is 0.115. The van der Waals surface area contributed by atoms with E-state index in [1.165, 1.54) is 12.1 Å². The molecule has 1 saturated heterocycles. The second-order valence-corrected chi connectivity index (χ2v) is 7.81. The van der Waals surface area contributed by atoms with Gasteiger partial charge in [-0.05, 0) is 53.6 Å². The monoisotopic (exact) mass is 421 g/mol. The summed E-state index contributed by atoms with van der Waals surface area (Å²) >= 11 is 0.798. The van der Waals surface area contributed by atoms with Gasteiger partial charge in [-0.3, -0.25) is 19.3 Å². The number of hydrogen-bond acceptors (Lipinski definition) is 5. The first kappa shape index (κ1) is 19.8. The molecule has 30 heavy (non-hydrogen) atoms. The van der Waals surface area contributed by atoms with E-state index in [1.807, 2.05) is 30.5 Å². The van der Waals surface area contributed by atoms with Crippen molar-refractivity contribution in [3.8, 4) is 5.75 Å². The van der Waals surface area contributed by atoms with Gasteiger partial charge >= 0.3 is 0 Å². The fraction of sp³-hybridized carbons (Fsp3) is 0.136. The molecular weight excluding hydrogens is 402 g/mol. The number of amides is 3. The van der Waals surface area contributed by atoms with Gasteiger partial charge in [-0.1, -0.05) is 30.3 Å². The molecule has 1 aliphatic rings. The summed E-state index contributed by atoms with van der Waals surface area (Å²) in [5, 5.41) is 12.7. The third kappa shape index (κ3) is 4.23. The molecule has 7 nitrogen and oxygen atoms in total. The molecule has 1 fully saturated rings. The summed E-state index contributed by atoms with van der Waals surface area (Å²) < 4.78 is 0. The van der Waals surface area contributed by atoms with Crippen molar-refractivity contribution in [2.45, 2.75) is 6.42 Å². The lowest BCUT2D eigenvalue weighted by Crippen LogP contribution is -2.40. The third-order valence-corrected chi connectivity index (χ3v) is 5.66. The van der Waals surface area contributed by atoms with E-state index in [4.69, 9.17) is 0 Å². The highest BCUT2D eigenvalue weighted by Crippen LogP contribution is 2.32. The molecule has 8 heteroatoms. The van der Waals surface area contributed by atoms with Crippen LogP contribution in [0.15, 0.2) is 59.6 Å². The first-order valence-electron chi connectivity index (χ1n) is 9.37. The van der Waals surface area contributed by atoms with Crippen LogP contribution in [0.5, 0.6) is 5.75 Å². The zero-order valence-corrected chi connectivity index (χ0v) is 16.7. The molecule has 2 heterocycles. The summed E-state index contributed by atoms with van der Waals surface area (Å²) in [5.74, 6) is -0.766. The highest BCUT2D eigenvalue weighted by Gasteiger charge is 2.36. The molecule has 0 spiro atoms. The van der Waals surface area contributed by atoms with Gasteiger partial charge in [0.2, 0.25) is 5.91 Å². The van der Waals surface area contributed by atoms with Gasteiger partial charge < -0.3 is 15.4 Å². The first-order chi connectivity index (χ1) is 14.5. The molecule has 2 aromatic carbocycles. The Morgan fingerprint density at radius 3 is 2.70 bits per heavy atom. The van der Waals surface area contributed by atoms with Gasteiger partial charge in [-0.2, -0.15) is 0 Å². The lowest BCUT2D eigenvalue weighted by molar-refractivity contribution is -0.129. The summed E-state index contributed by atoms with van der Waals surface area (Å²) in [6.45, 7) is 0.0890. The fourth-order valence-electron chi connectivity index (χ4n) is 3.23. The number of H-pyrrole nitrogens is 1. The topological polar surface area (TPSA) is 102 Å². The van der Waals surface area contributed by atoms with E-state index in [0.717, 1.165) is 33.1 Å². The summed E-state index contributed by atoms with van der Waals surface area (Å²) in [6.07, 6.45) is 4.12. The highest BCUT2D eigenvalue weighted by molar-refractivity contribution is 8.18. The number of para-hydroxylation sites is 1. The van der Waals surface area contributed by atoms with Crippen molar-refractivity contribution < 1.29 is 19.5 Å². The number of aromatic hydroxyl groups is 1. The van der Waals surface area contributed by atoms with E-state index >= 15 is 0 Å². The molecule has 0 unspecified atom stereocenters. The normalized spacial score (nSPS) is 15.3. The predicted molar refractivity (Wildman–Crippen MR) is 116 cm³/mol. The number of phenolic OH excluding ortho intramolecular Hbond substituents is 1. The number of carbonyl (C=O) groups excluding carboxylic acids is 3. The van der Waals surface area contributed by atoms with Gasteiger partial charge in [0.1, 0.15) is 12.3 Å². The molecule has 3 amide bonds.